The standard InChI is InChI=1S/C30H28N4O5S/c1-19-28(29(35)34(32(19)2)21-8-6-5-7-9-21)31-30-33(16-20-10-13-25-27(14-20)39-18-38-25)24(17-40-30)23-12-11-22(36-3)15-26(23)37-4/h5-15,17H,16,18H2,1-4H3. The molecule has 0 bridgehead atoms. The van der Waals surface area contributed by atoms with Crippen LogP contribution >= 0.6 is 11.3 Å². The van der Waals surface area contributed by atoms with E-state index < -0.39 is 0 Å². The summed E-state index contributed by atoms with van der Waals surface area (Å²) in [6.07, 6.45) is 0. The highest BCUT2D eigenvalue weighted by molar-refractivity contribution is 7.07. The number of hydrogen-bond donors (Lipinski definition) is 0. The van der Waals surface area contributed by atoms with Gasteiger partial charge >= 0.3 is 0 Å². The molecule has 0 fully saturated rings. The third-order valence-corrected chi connectivity index (χ3v) is 7.85. The maximum atomic E-state index is 13.6. The fourth-order valence-corrected chi connectivity index (χ4v) is 5.70. The van der Waals surface area contributed by atoms with Crippen molar-refractivity contribution in [3.05, 3.63) is 98.5 Å². The van der Waals surface area contributed by atoms with Gasteiger partial charge < -0.3 is 23.5 Å². The molecule has 0 saturated carbocycles. The Labute approximate surface area is 234 Å². The molecule has 1 aliphatic heterocycles. The molecule has 6 rings (SSSR count). The molecule has 0 unspecified atom stereocenters. The molecule has 2 aromatic heterocycles. The van der Waals surface area contributed by atoms with Crippen LogP contribution in [0.25, 0.3) is 16.9 Å². The van der Waals surface area contributed by atoms with Gasteiger partial charge in [0.15, 0.2) is 22.0 Å². The van der Waals surface area contributed by atoms with Crippen molar-refractivity contribution in [2.45, 2.75) is 13.5 Å². The number of thiazole rings is 1. The first-order valence-electron chi connectivity index (χ1n) is 12.7. The molecular weight excluding hydrogens is 528 g/mol. The fraction of sp³-hybridized carbons (Fsp3) is 0.200. The lowest BCUT2D eigenvalue weighted by Crippen LogP contribution is -2.20. The van der Waals surface area contributed by atoms with Gasteiger partial charge in [0, 0.05) is 24.1 Å². The van der Waals surface area contributed by atoms with Gasteiger partial charge in [-0.05, 0) is 48.9 Å². The van der Waals surface area contributed by atoms with E-state index >= 15 is 0 Å². The molecule has 0 atom stereocenters. The molecule has 10 heteroatoms. The predicted molar refractivity (Wildman–Crippen MR) is 153 cm³/mol. The van der Waals surface area contributed by atoms with Crippen LogP contribution in [-0.2, 0) is 13.6 Å². The number of methoxy groups -OCH3 is 2. The van der Waals surface area contributed by atoms with Crippen LogP contribution in [0.1, 0.15) is 11.3 Å². The minimum Gasteiger partial charge on any atom is -0.497 e. The van der Waals surface area contributed by atoms with E-state index in [1.165, 1.54) is 11.3 Å². The van der Waals surface area contributed by atoms with E-state index in [9.17, 15) is 4.79 Å². The van der Waals surface area contributed by atoms with E-state index in [0.717, 1.165) is 34.0 Å². The Bertz CT molecular complexity index is 1830. The summed E-state index contributed by atoms with van der Waals surface area (Å²) < 4.78 is 27.8. The van der Waals surface area contributed by atoms with Crippen molar-refractivity contribution >= 4 is 17.0 Å². The first-order valence-corrected chi connectivity index (χ1v) is 13.5. The van der Waals surface area contributed by atoms with Crippen molar-refractivity contribution in [1.82, 2.24) is 13.9 Å². The quantitative estimate of drug-likeness (QED) is 0.281. The van der Waals surface area contributed by atoms with Crippen LogP contribution in [-0.4, -0.2) is 34.9 Å². The van der Waals surface area contributed by atoms with Crippen LogP contribution in [0.2, 0.25) is 0 Å². The van der Waals surface area contributed by atoms with Gasteiger partial charge in [-0.15, -0.1) is 11.3 Å². The Hall–Kier alpha value is -4.70. The second-order valence-electron chi connectivity index (χ2n) is 9.27. The molecule has 5 aromatic rings. The van der Waals surface area contributed by atoms with Gasteiger partial charge in [-0.1, -0.05) is 24.3 Å². The SMILES string of the molecule is COc1ccc(-c2csc(=Nc3c(C)n(C)n(-c4ccccc4)c3=O)n2Cc2ccc3c(c2)OCO3)c(OC)c1. The molecule has 40 heavy (non-hydrogen) atoms. The van der Waals surface area contributed by atoms with Crippen LogP contribution in [0.3, 0.4) is 0 Å². The van der Waals surface area contributed by atoms with Crippen molar-refractivity contribution in [2.75, 3.05) is 21.0 Å². The highest BCUT2D eigenvalue weighted by Crippen LogP contribution is 2.36. The number of nitrogens with zero attached hydrogens (tertiary/aromatic N) is 4. The highest BCUT2D eigenvalue weighted by Gasteiger charge is 2.19. The van der Waals surface area contributed by atoms with E-state index in [4.69, 9.17) is 23.9 Å². The third-order valence-electron chi connectivity index (χ3n) is 6.99. The maximum Gasteiger partial charge on any atom is 0.297 e. The van der Waals surface area contributed by atoms with Crippen LogP contribution in [0, 0.1) is 6.92 Å². The molecule has 3 aromatic carbocycles. The van der Waals surface area contributed by atoms with E-state index in [0.29, 0.717) is 34.3 Å². The minimum atomic E-state index is -0.183. The van der Waals surface area contributed by atoms with Crippen molar-refractivity contribution in [3.63, 3.8) is 0 Å². The number of ether oxygens (including phenoxy) is 4. The Morgan fingerprint density at radius 2 is 1.77 bits per heavy atom. The summed E-state index contributed by atoms with van der Waals surface area (Å²) in [5, 5.41) is 2.03. The average Bonchev–Trinajstić information content (AvgIpc) is 3.67. The van der Waals surface area contributed by atoms with Gasteiger partial charge in [-0.25, -0.2) is 9.67 Å². The summed E-state index contributed by atoms with van der Waals surface area (Å²) >= 11 is 1.46. The molecule has 3 heterocycles. The minimum absolute atomic E-state index is 0.183. The van der Waals surface area contributed by atoms with Crippen molar-refractivity contribution in [1.29, 1.82) is 0 Å². The topological polar surface area (TPSA) is 81.1 Å². The summed E-state index contributed by atoms with van der Waals surface area (Å²) in [5.41, 5.74) is 4.54. The summed E-state index contributed by atoms with van der Waals surface area (Å²) in [4.78, 5) is 19.3. The number of fused-ring (bicyclic) bond motifs is 1. The Morgan fingerprint density at radius 3 is 2.55 bits per heavy atom. The molecule has 0 N–H and O–H groups in total. The number of hydrogen-bond acceptors (Lipinski definition) is 7. The Balaban J connectivity index is 1.54. The summed E-state index contributed by atoms with van der Waals surface area (Å²) in [5.74, 6) is 2.80. The molecule has 0 amide bonds. The third kappa shape index (κ3) is 4.46. The molecule has 0 aliphatic carbocycles. The van der Waals surface area contributed by atoms with Crippen molar-refractivity contribution in [2.24, 2.45) is 12.0 Å². The number of aromatic nitrogens is 3. The lowest BCUT2D eigenvalue weighted by molar-refractivity contribution is 0.174. The zero-order valence-corrected chi connectivity index (χ0v) is 23.4. The smallest absolute Gasteiger partial charge is 0.297 e. The summed E-state index contributed by atoms with van der Waals surface area (Å²) in [6, 6.07) is 21.2. The van der Waals surface area contributed by atoms with E-state index in [-0.39, 0.29) is 12.4 Å². The first-order chi connectivity index (χ1) is 19.5. The fourth-order valence-electron chi connectivity index (χ4n) is 4.80. The average molecular weight is 557 g/mol. The van der Waals surface area contributed by atoms with Crippen molar-refractivity contribution in [3.8, 4) is 39.9 Å². The molecule has 0 saturated heterocycles. The normalized spacial score (nSPS) is 12.7. The van der Waals surface area contributed by atoms with Crippen molar-refractivity contribution < 1.29 is 18.9 Å². The van der Waals surface area contributed by atoms with Gasteiger partial charge in [-0.3, -0.25) is 9.48 Å². The van der Waals surface area contributed by atoms with E-state index in [1.54, 1.807) is 18.9 Å². The van der Waals surface area contributed by atoms with Crippen LogP contribution in [0.4, 0.5) is 5.69 Å². The molecule has 0 spiro atoms. The van der Waals surface area contributed by atoms with Gasteiger partial charge in [0.1, 0.15) is 11.5 Å². The van der Waals surface area contributed by atoms with Crippen LogP contribution in [0.15, 0.2) is 81.9 Å². The second kappa shape index (κ2) is 10.5. The van der Waals surface area contributed by atoms with Gasteiger partial charge in [0.2, 0.25) is 6.79 Å². The van der Waals surface area contributed by atoms with Gasteiger partial charge in [0.25, 0.3) is 5.56 Å². The second-order valence-corrected chi connectivity index (χ2v) is 10.1. The number of para-hydroxylation sites is 1. The predicted octanol–water partition coefficient (Wildman–Crippen LogP) is 5.04. The number of rotatable bonds is 7. The molecule has 1 aliphatic rings. The lowest BCUT2D eigenvalue weighted by atomic mass is 10.1. The Morgan fingerprint density at radius 1 is 0.975 bits per heavy atom. The number of benzene rings is 3. The van der Waals surface area contributed by atoms with Crippen LogP contribution in [0.5, 0.6) is 23.0 Å². The van der Waals surface area contributed by atoms with Gasteiger partial charge in [0.05, 0.1) is 37.8 Å². The Kier molecular flexibility index (Phi) is 6.69. The monoisotopic (exact) mass is 556 g/mol. The van der Waals surface area contributed by atoms with Gasteiger partial charge in [-0.2, -0.15) is 0 Å². The summed E-state index contributed by atoms with van der Waals surface area (Å²) in [6.45, 7) is 2.60. The zero-order chi connectivity index (χ0) is 27.8. The molecular formula is C30H28N4O5S. The molecule has 0 radical (unpaired) electrons. The zero-order valence-electron chi connectivity index (χ0n) is 22.6. The summed E-state index contributed by atoms with van der Waals surface area (Å²) in [7, 11) is 5.13. The largest absolute Gasteiger partial charge is 0.497 e. The lowest BCUT2D eigenvalue weighted by Gasteiger charge is -2.14. The van der Waals surface area contributed by atoms with Crippen LogP contribution < -0.4 is 29.3 Å². The molecule has 9 nitrogen and oxygen atoms in total. The maximum absolute atomic E-state index is 13.6. The highest BCUT2D eigenvalue weighted by atomic mass is 32.1. The van der Waals surface area contributed by atoms with E-state index in [2.05, 4.69) is 4.57 Å². The first kappa shape index (κ1) is 25.6. The molecule has 204 valence electrons. The van der Waals surface area contributed by atoms with E-state index in [1.807, 2.05) is 90.8 Å².